The number of nitrogens with zero attached hydrogens (tertiary/aromatic N) is 2. The number of aryl methyl sites for hydroxylation is 1. The highest BCUT2D eigenvalue weighted by Crippen LogP contribution is 2.28. The van der Waals surface area contributed by atoms with Gasteiger partial charge in [0.05, 0.1) is 11.9 Å². The van der Waals surface area contributed by atoms with Crippen LogP contribution in [0, 0.1) is 6.92 Å². The van der Waals surface area contributed by atoms with Gasteiger partial charge in [-0.2, -0.15) is 0 Å². The molecule has 0 atom stereocenters. The minimum absolute atomic E-state index is 0.937. The molecule has 0 aliphatic carbocycles. The second-order valence-corrected chi connectivity index (χ2v) is 6.23. The topological polar surface area (TPSA) is 31.9 Å². The molecule has 0 spiro atoms. The lowest BCUT2D eigenvalue weighted by Gasteiger charge is -2.29. The van der Waals surface area contributed by atoms with E-state index in [0.29, 0.717) is 0 Å². The van der Waals surface area contributed by atoms with Crippen LogP contribution < -0.4 is 4.90 Å². The third kappa shape index (κ3) is 2.85. The van der Waals surface area contributed by atoms with E-state index in [2.05, 4.69) is 70.4 Å². The summed E-state index contributed by atoms with van der Waals surface area (Å²) >= 11 is 0. The maximum Gasteiger partial charge on any atom is 0.137 e. The van der Waals surface area contributed by atoms with E-state index < -0.39 is 0 Å². The zero-order valence-corrected chi connectivity index (χ0v) is 13.9. The first-order chi connectivity index (χ1) is 11.8. The predicted molar refractivity (Wildman–Crippen MR) is 101 cm³/mol. The summed E-state index contributed by atoms with van der Waals surface area (Å²) in [6.45, 7) is 4.15. The highest BCUT2D eigenvalue weighted by atomic mass is 15.1. The summed E-state index contributed by atoms with van der Waals surface area (Å²) in [7, 11) is 0. The van der Waals surface area contributed by atoms with Crippen LogP contribution in [0.2, 0.25) is 0 Å². The zero-order valence-electron chi connectivity index (χ0n) is 13.9. The molecular formula is C21H21N3. The molecule has 1 aliphatic heterocycles. The molecule has 1 aliphatic rings. The molecule has 2 aromatic heterocycles. The Labute approximate surface area is 142 Å². The first-order valence-electron chi connectivity index (χ1n) is 8.41. The summed E-state index contributed by atoms with van der Waals surface area (Å²) < 4.78 is 0. The smallest absolute Gasteiger partial charge is 0.137 e. The highest BCUT2D eigenvalue weighted by molar-refractivity contribution is 5.84. The number of fused-ring (bicyclic) bond motifs is 1. The Balaban J connectivity index is 1.51. The predicted octanol–water partition coefficient (Wildman–Crippen LogP) is 4.72. The number of benzene rings is 1. The maximum absolute atomic E-state index is 4.54. The quantitative estimate of drug-likeness (QED) is 0.758. The van der Waals surface area contributed by atoms with Gasteiger partial charge in [-0.1, -0.05) is 48.6 Å². The summed E-state index contributed by atoms with van der Waals surface area (Å²) in [6, 6.07) is 12.6. The van der Waals surface area contributed by atoms with Crippen molar-refractivity contribution in [3.8, 4) is 0 Å². The standard InChI is InChI=1S/C21H21N3/c1-16-19-9-12-22-21(19)23-15-20(16)24-13-10-18(11-14-24)8-7-17-5-3-2-4-6-17/h2-10,12,15H,11,13-14H2,1H3,(H,22,23). The fourth-order valence-electron chi connectivity index (χ4n) is 3.27. The van der Waals surface area contributed by atoms with Gasteiger partial charge in [0.2, 0.25) is 0 Å². The van der Waals surface area contributed by atoms with Crippen molar-refractivity contribution in [2.45, 2.75) is 13.3 Å². The Morgan fingerprint density at radius 1 is 1.12 bits per heavy atom. The summed E-state index contributed by atoms with van der Waals surface area (Å²) in [5.74, 6) is 0. The summed E-state index contributed by atoms with van der Waals surface area (Å²) in [4.78, 5) is 10.1. The molecule has 120 valence electrons. The number of allylic oxidation sites excluding steroid dienone is 1. The van der Waals surface area contributed by atoms with E-state index in [4.69, 9.17) is 0 Å². The third-order valence-corrected chi connectivity index (χ3v) is 4.70. The van der Waals surface area contributed by atoms with Crippen LogP contribution in [0.15, 0.2) is 66.5 Å². The normalized spacial score (nSPS) is 15.2. The molecule has 1 N–H and O–H groups in total. The molecular weight excluding hydrogens is 294 g/mol. The van der Waals surface area contributed by atoms with E-state index in [1.807, 2.05) is 18.5 Å². The first-order valence-corrected chi connectivity index (χ1v) is 8.41. The second kappa shape index (κ2) is 6.36. The van der Waals surface area contributed by atoms with Crippen molar-refractivity contribution in [3.05, 3.63) is 77.6 Å². The molecule has 0 radical (unpaired) electrons. The minimum Gasteiger partial charge on any atom is -0.366 e. The number of hydrogen-bond donors (Lipinski definition) is 1. The van der Waals surface area contributed by atoms with Gasteiger partial charge in [-0.25, -0.2) is 4.98 Å². The van der Waals surface area contributed by atoms with Crippen LogP contribution in [-0.2, 0) is 0 Å². The van der Waals surface area contributed by atoms with Crippen LogP contribution in [0.25, 0.3) is 17.1 Å². The van der Waals surface area contributed by atoms with Crippen molar-refractivity contribution in [1.29, 1.82) is 0 Å². The third-order valence-electron chi connectivity index (χ3n) is 4.70. The van der Waals surface area contributed by atoms with Crippen molar-refractivity contribution in [2.75, 3.05) is 18.0 Å². The Morgan fingerprint density at radius 2 is 2.00 bits per heavy atom. The summed E-state index contributed by atoms with van der Waals surface area (Å²) in [6.07, 6.45) is 11.8. The van der Waals surface area contributed by atoms with Gasteiger partial charge in [-0.05, 0) is 36.1 Å². The second-order valence-electron chi connectivity index (χ2n) is 6.23. The van der Waals surface area contributed by atoms with Crippen molar-refractivity contribution in [2.24, 2.45) is 0 Å². The average molecular weight is 315 g/mol. The first kappa shape index (κ1) is 14.8. The molecule has 3 heteroatoms. The molecule has 3 nitrogen and oxygen atoms in total. The van der Waals surface area contributed by atoms with Gasteiger partial charge >= 0.3 is 0 Å². The van der Waals surface area contributed by atoms with Gasteiger partial charge in [-0.15, -0.1) is 0 Å². The molecule has 0 fully saturated rings. The van der Waals surface area contributed by atoms with Crippen LogP contribution in [0.1, 0.15) is 17.5 Å². The van der Waals surface area contributed by atoms with Gasteiger partial charge in [0, 0.05) is 24.7 Å². The van der Waals surface area contributed by atoms with Crippen molar-refractivity contribution < 1.29 is 0 Å². The van der Waals surface area contributed by atoms with E-state index in [0.717, 1.165) is 25.2 Å². The molecule has 0 unspecified atom stereocenters. The number of hydrogen-bond acceptors (Lipinski definition) is 2. The number of H-pyrrole nitrogens is 1. The van der Waals surface area contributed by atoms with Gasteiger partial charge < -0.3 is 9.88 Å². The number of nitrogens with one attached hydrogen (secondary N) is 1. The SMILES string of the molecule is Cc1c(N2CC=C(C=Cc3ccccc3)CC2)cnc2[nH]ccc12. The molecule has 0 amide bonds. The van der Waals surface area contributed by atoms with Crippen LogP contribution in [0.3, 0.4) is 0 Å². The van der Waals surface area contributed by atoms with Crippen LogP contribution in [-0.4, -0.2) is 23.1 Å². The Hall–Kier alpha value is -2.81. The lowest BCUT2D eigenvalue weighted by Crippen LogP contribution is -2.29. The largest absolute Gasteiger partial charge is 0.366 e. The monoisotopic (exact) mass is 315 g/mol. The van der Waals surface area contributed by atoms with Crippen LogP contribution in [0.5, 0.6) is 0 Å². The number of anilines is 1. The van der Waals surface area contributed by atoms with Gasteiger partial charge in [-0.3, -0.25) is 0 Å². The van der Waals surface area contributed by atoms with Crippen molar-refractivity contribution in [3.63, 3.8) is 0 Å². The Morgan fingerprint density at radius 3 is 2.79 bits per heavy atom. The van der Waals surface area contributed by atoms with Gasteiger partial charge in [0.15, 0.2) is 0 Å². The molecule has 0 saturated carbocycles. The minimum atomic E-state index is 0.937. The molecule has 0 saturated heterocycles. The van der Waals surface area contributed by atoms with Crippen molar-refractivity contribution >= 4 is 22.8 Å². The van der Waals surface area contributed by atoms with Crippen LogP contribution in [0.4, 0.5) is 5.69 Å². The van der Waals surface area contributed by atoms with E-state index >= 15 is 0 Å². The fraction of sp³-hybridized carbons (Fsp3) is 0.190. The van der Waals surface area contributed by atoms with E-state index in [1.165, 1.54) is 27.8 Å². The summed E-state index contributed by atoms with van der Waals surface area (Å²) in [5.41, 5.74) is 6.17. The Kier molecular flexibility index (Phi) is 3.91. The van der Waals surface area contributed by atoms with Crippen molar-refractivity contribution in [1.82, 2.24) is 9.97 Å². The van der Waals surface area contributed by atoms with Crippen LogP contribution >= 0.6 is 0 Å². The molecule has 3 aromatic rings. The summed E-state index contributed by atoms with van der Waals surface area (Å²) in [5, 5.41) is 1.21. The lowest BCUT2D eigenvalue weighted by molar-refractivity contribution is 0.797. The fourth-order valence-corrected chi connectivity index (χ4v) is 3.27. The number of aromatic amines is 1. The van der Waals surface area contributed by atoms with Gasteiger partial charge in [0.25, 0.3) is 0 Å². The zero-order chi connectivity index (χ0) is 16.4. The number of aromatic nitrogens is 2. The molecule has 1 aromatic carbocycles. The lowest BCUT2D eigenvalue weighted by atomic mass is 10.0. The molecule has 4 rings (SSSR count). The highest BCUT2D eigenvalue weighted by Gasteiger charge is 2.15. The Bertz CT molecular complexity index is 903. The number of rotatable bonds is 3. The molecule has 3 heterocycles. The molecule has 0 bridgehead atoms. The van der Waals surface area contributed by atoms with E-state index in [1.54, 1.807) is 0 Å². The average Bonchev–Trinajstić information content (AvgIpc) is 3.12. The maximum atomic E-state index is 4.54. The molecule has 24 heavy (non-hydrogen) atoms. The number of pyridine rings is 1. The van der Waals surface area contributed by atoms with E-state index in [9.17, 15) is 0 Å². The van der Waals surface area contributed by atoms with Gasteiger partial charge in [0.1, 0.15) is 5.65 Å². The van der Waals surface area contributed by atoms with E-state index in [-0.39, 0.29) is 0 Å².